The van der Waals surface area contributed by atoms with E-state index < -0.39 is 19.0 Å². The Morgan fingerprint density at radius 1 is 1.12 bits per heavy atom. The minimum atomic E-state index is -4.21. The van der Waals surface area contributed by atoms with Gasteiger partial charge in [-0.2, -0.15) is 8.42 Å². The maximum atomic E-state index is 11.9. The van der Waals surface area contributed by atoms with Gasteiger partial charge < -0.3 is 0 Å². The van der Waals surface area contributed by atoms with Gasteiger partial charge in [-0.25, -0.2) is 4.21 Å². The molecule has 0 fully saturated rings. The summed E-state index contributed by atoms with van der Waals surface area (Å²) in [6, 6.07) is 4.07. The first-order chi connectivity index (χ1) is 7.12. The molecule has 1 atom stereocenters. The fourth-order valence-corrected chi connectivity index (χ4v) is 4.62. The molecule has 0 aliphatic heterocycles. The van der Waals surface area contributed by atoms with Crippen molar-refractivity contribution in [2.45, 2.75) is 4.90 Å². The van der Waals surface area contributed by atoms with Crippen LogP contribution in [0.5, 0.6) is 0 Å². The molecule has 0 aromatic heterocycles. The Labute approximate surface area is 108 Å². The van der Waals surface area contributed by atoms with Gasteiger partial charge in [-0.15, -0.1) is 0 Å². The van der Waals surface area contributed by atoms with E-state index in [0.29, 0.717) is 0 Å². The summed E-state index contributed by atoms with van der Waals surface area (Å²) >= 11 is 11.4. The molecule has 90 valence electrons. The molecule has 0 saturated carbocycles. The lowest BCUT2D eigenvalue weighted by molar-refractivity contribution is 0.611. The van der Waals surface area contributed by atoms with E-state index in [1.807, 2.05) is 0 Å². The van der Waals surface area contributed by atoms with Gasteiger partial charge in [0, 0.05) is 21.8 Å². The van der Waals surface area contributed by atoms with E-state index in [1.165, 1.54) is 18.2 Å². The van der Waals surface area contributed by atoms with Crippen molar-refractivity contribution >= 4 is 52.9 Å². The van der Waals surface area contributed by atoms with Crippen LogP contribution in [0.25, 0.3) is 0 Å². The number of hydrogen-bond donors (Lipinski definition) is 0. The predicted molar refractivity (Wildman–Crippen MR) is 66.0 cm³/mol. The molecule has 1 aromatic carbocycles. The number of hydrogen-bond acceptors (Lipinski definition) is 3. The van der Waals surface area contributed by atoms with E-state index in [4.69, 9.17) is 33.9 Å². The van der Waals surface area contributed by atoms with Crippen LogP contribution in [-0.2, 0) is 19.0 Å². The molecule has 0 heterocycles. The first-order valence-electron chi connectivity index (χ1n) is 3.75. The number of nitrogens with zero attached hydrogens (tertiary/aromatic N) is 1. The highest BCUT2D eigenvalue weighted by Gasteiger charge is 2.13. The van der Waals surface area contributed by atoms with Crippen LogP contribution in [0.2, 0.25) is 10.0 Å². The van der Waals surface area contributed by atoms with Gasteiger partial charge in [0.05, 0.1) is 19.8 Å². The highest BCUT2D eigenvalue weighted by molar-refractivity contribution is 8.17. The summed E-state index contributed by atoms with van der Waals surface area (Å²) in [6.07, 6.45) is 1.15. The Balaban J connectivity index is 3.46. The van der Waals surface area contributed by atoms with E-state index in [2.05, 4.69) is 3.77 Å². The Kier molecular flexibility index (Phi) is 4.13. The molecule has 0 aliphatic carbocycles. The average Bonchev–Trinajstić information content (AvgIpc) is 2.05. The summed E-state index contributed by atoms with van der Waals surface area (Å²) in [5, 5.41) is 0.435. The lowest BCUT2D eigenvalue weighted by Crippen LogP contribution is -2.00. The third-order valence-electron chi connectivity index (χ3n) is 1.56. The van der Waals surface area contributed by atoms with Crippen molar-refractivity contribution in [3.8, 4) is 0 Å². The lowest BCUT2D eigenvalue weighted by atomic mass is 10.4. The van der Waals surface area contributed by atoms with E-state index in [9.17, 15) is 12.6 Å². The zero-order valence-corrected chi connectivity index (χ0v) is 11.8. The minimum Gasteiger partial charge on any atom is -0.244 e. The second kappa shape index (κ2) is 4.70. The zero-order chi connectivity index (χ0) is 12.6. The van der Waals surface area contributed by atoms with Crippen molar-refractivity contribution in [1.82, 2.24) is 0 Å². The van der Waals surface area contributed by atoms with Crippen LogP contribution >= 0.6 is 33.9 Å². The Morgan fingerprint density at radius 3 is 2.12 bits per heavy atom. The standard InChI is InChI=1S/C7H6Cl3NO3S2/c1-15(12,11-16(10,13)14)5-2-3-6(8)7(9)4-5/h2-4H,1H3/t15-/m1/s1. The predicted octanol–water partition coefficient (Wildman–Crippen LogP) is 2.93. The van der Waals surface area contributed by atoms with Crippen molar-refractivity contribution in [2.24, 2.45) is 3.77 Å². The van der Waals surface area contributed by atoms with E-state index in [0.717, 1.165) is 6.26 Å². The van der Waals surface area contributed by atoms with Gasteiger partial charge in [-0.1, -0.05) is 27.0 Å². The van der Waals surface area contributed by atoms with Crippen LogP contribution in [0.3, 0.4) is 0 Å². The highest BCUT2D eigenvalue weighted by Crippen LogP contribution is 2.26. The zero-order valence-electron chi connectivity index (χ0n) is 7.85. The first-order valence-corrected chi connectivity index (χ1v) is 8.69. The monoisotopic (exact) mass is 321 g/mol. The normalized spacial score (nSPS) is 15.5. The quantitative estimate of drug-likeness (QED) is 0.786. The van der Waals surface area contributed by atoms with Gasteiger partial charge in [0.25, 0.3) is 0 Å². The van der Waals surface area contributed by atoms with Crippen molar-refractivity contribution < 1.29 is 12.6 Å². The molecule has 1 aromatic rings. The summed E-state index contributed by atoms with van der Waals surface area (Å²) in [5.41, 5.74) is 0. The van der Waals surface area contributed by atoms with Crippen LogP contribution in [0.4, 0.5) is 0 Å². The summed E-state index contributed by atoms with van der Waals surface area (Å²) in [4.78, 5) is 0.145. The van der Waals surface area contributed by atoms with Gasteiger partial charge in [0.2, 0.25) is 0 Å². The Hall–Kier alpha value is -0.0100. The molecule has 0 N–H and O–H groups in total. The smallest absolute Gasteiger partial charge is 0.244 e. The third kappa shape index (κ3) is 3.78. The maximum Gasteiger partial charge on any atom is 0.347 e. The molecule has 0 spiro atoms. The maximum absolute atomic E-state index is 11.9. The van der Waals surface area contributed by atoms with Crippen LogP contribution in [-0.4, -0.2) is 18.9 Å². The summed E-state index contributed by atoms with van der Waals surface area (Å²) < 4.78 is 36.4. The number of benzene rings is 1. The van der Waals surface area contributed by atoms with E-state index >= 15 is 0 Å². The lowest BCUT2D eigenvalue weighted by Gasteiger charge is -2.04. The molecule has 0 aliphatic rings. The van der Waals surface area contributed by atoms with Crippen molar-refractivity contribution in [3.05, 3.63) is 28.2 Å². The topological polar surface area (TPSA) is 63.6 Å². The molecule has 1 rings (SSSR count). The van der Waals surface area contributed by atoms with Crippen LogP contribution in [0.15, 0.2) is 26.9 Å². The molecule has 0 saturated heterocycles. The second-order valence-electron chi connectivity index (χ2n) is 2.87. The molecule has 0 amide bonds. The first kappa shape index (κ1) is 14.1. The Morgan fingerprint density at radius 2 is 1.69 bits per heavy atom. The molecule has 9 heteroatoms. The highest BCUT2D eigenvalue weighted by atomic mass is 35.7. The second-order valence-corrected chi connectivity index (χ2v) is 8.35. The minimum absolute atomic E-state index is 0.145. The van der Waals surface area contributed by atoms with Crippen LogP contribution in [0, 0.1) is 0 Å². The Bertz CT molecular complexity index is 632. The fourth-order valence-electron chi connectivity index (χ4n) is 0.925. The van der Waals surface area contributed by atoms with E-state index in [-0.39, 0.29) is 14.9 Å². The van der Waals surface area contributed by atoms with Crippen LogP contribution < -0.4 is 0 Å². The molecule has 0 radical (unpaired) electrons. The average molecular weight is 323 g/mol. The molecule has 4 nitrogen and oxygen atoms in total. The van der Waals surface area contributed by atoms with Gasteiger partial charge >= 0.3 is 9.24 Å². The van der Waals surface area contributed by atoms with Crippen molar-refractivity contribution in [3.63, 3.8) is 0 Å². The van der Waals surface area contributed by atoms with Gasteiger partial charge in [0.15, 0.2) is 0 Å². The van der Waals surface area contributed by atoms with Gasteiger partial charge in [0.1, 0.15) is 0 Å². The SMILES string of the molecule is C[S@](=O)(=NS(=O)(=O)Cl)c1ccc(Cl)c(Cl)c1. The molecular weight excluding hydrogens is 317 g/mol. The number of rotatable bonds is 2. The molecule has 0 bridgehead atoms. The van der Waals surface area contributed by atoms with E-state index in [1.54, 1.807) is 0 Å². The number of halogens is 3. The fraction of sp³-hybridized carbons (Fsp3) is 0.143. The largest absolute Gasteiger partial charge is 0.347 e. The van der Waals surface area contributed by atoms with Gasteiger partial charge in [-0.05, 0) is 18.2 Å². The summed E-state index contributed by atoms with van der Waals surface area (Å²) in [7, 11) is -2.45. The van der Waals surface area contributed by atoms with Gasteiger partial charge in [-0.3, -0.25) is 0 Å². The molecular formula is C7H6Cl3NO3S2. The summed E-state index contributed by atoms with van der Waals surface area (Å²) in [5.74, 6) is 0. The van der Waals surface area contributed by atoms with Crippen molar-refractivity contribution in [2.75, 3.05) is 6.26 Å². The van der Waals surface area contributed by atoms with Crippen molar-refractivity contribution in [1.29, 1.82) is 0 Å². The summed E-state index contributed by atoms with van der Waals surface area (Å²) in [6.45, 7) is 0. The van der Waals surface area contributed by atoms with Crippen LogP contribution in [0.1, 0.15) is 0 Å². The molecule has 0 unspecified atom stereocenters. The molecule has 16 heavy (non-hydrogen) atoms. The third-order valence-corrected chi connectivity index (χ3v) is 5.78.